The molecule has 2 aromatic carbocycles. The number of nitrogens with zero attached hydrogens (tertiary/aromatic N) is 3. The van der Waals surface area contributed by atoms with Crippen LogP contribution in [-0.4, -0.2) is 41.2 Å². The quantitative estimate of drug-likeness (QED) is 0.606. The van der Waals surface area contributed by atoms with Crippen LogP contribution < -0.4 is 9.47 Å². The van der Waals surface area contributed by atoms with Gasteiger partial charge >= 0.3 is 0 Å². The third kappa shape index (κ3) is 4.74. The van der Waals surface area contributed by atoms with Crippen molar-refractivity contribution in [2.75, 3.05) is 14.2 Å². The zero-order valence-electron chi connectivity index (χ0n) is 17.3. The van der Waals surface area contributed by atoms with Crippen LogP contribution in [0.25, 0.3) is 11.4 Å². The lowest BCUT2D eigenvalue weighted by molar-refractivity contribution is -0.137. The van der Waals surface area contributed by atoms with Crippen molar-refractivity contribution in [2.45, 2.75) is 33.4 Å². The number of methoxy groups -OCH3 is 1. The Bertz CT molecular complexity index is 999. The number of aryl methyl sites for hydroxylation is 1. The lowest BCUT2D eigenvalue weighted by atomic mass is 10.1. The van der Waals surface area contributed by atoms with Crippen molar-refractivity contribution in [2.24, 2.45) is 0 Å². The van der Waals surface area contributed by atoms with Crippen LogP contribution in [0, 0.1) is 13.8 Å². The highest BCUT2D eigenvalue weighted by Crippen LogP contribution is 2.23. The molecular weight excluding hydrogens is 370 g/mol. The highest BCUT2D eigenvalue weighted by Gasteiger charge is 2.22. The van der Waals surface area contributed by atoms with Crippen molar-refractivity contribution < 1.29 is 18.8 Å². The fraction of sp³-hybridized carbons (Fsp3) is 0.318. The number of hydrogen-bond acceptors (Lipinski definition) is 6. The Labute approximate surface area is 170 Å². The average molecular weight is 395 g/mol. The molecule has 0 saturated carbocycles. The molecular formula is C22H25N3O4. The number of amides is 1. The van der Waals surface area contributed by atoms with Crippen molar-refractivity contribution in [3.8, 4) is 22.9 Å². The van der Waals surface area contributed by atoms with Crippen molar-refractivity contribution in [3.63, 3.8) is 0 Å². The number of hydrogen-bond donors (Lipinski definition) is 0. The molecule has 1 heterocycles. The second-order valence-corrected chi connectivity index (χ2v) is 6.90. The molecule has 0 bridgehead atoms. The van der Waals surface area contributed by atoms with Crippen molar-refractivity contribution in [3.05, 3.63) is 59.5 Å². The summed E-state index contributed by atoms with van der Waals surface area (Å²) in [5.74, 6) is 2.03. The maximum atomic E-state index is 12.7. The summed E-state index contributed by atoms with van der Waals surface area (Å²) < 4.78 is 16.4. The highest BCUT2D eigenvalue weighted by atomic mass is 16.5. The number of aromatic nitrogens is 2. The number of carbonyl (C=O) groups excluding carboxylic acids is 1. The fourth-order valence-corrected chi connectivity index (χ4v) is 2.88. The summed E-state index contributed by atoms with van der Waals surface area (Å²) in [6, 6.07) is 13.2. The van der Waals surface area contributed by atoms with Gasteiger partial charge in [-0.25, -0.2) is 0 Å². The van der Waals surface area contributed by atoms with E-state index >= 15 is 0 Å². The Morgan fingerprint density at radius 1 is 1.21 bits per heavy atom. The predicted octanol–water partition coefficient (Wildman–Crippen LogP) is 3.79. The minimum Gasteiger partial charge on any atom is -0.497 e. The van der Waals surface area contributed by atoms with E-state index in [-0.39, 0.29) is 12.5 Å². The summed E-state index contributed by atoms with van der Waals surface area (Å²) in [5, 5.41) is 4.00. The van der Waals surface area contributed by atoms with Crippen LogP contribution in [0.2, 0.25) is 0 Å². The Morgan fingerprint density at radius 2 is 1.97 bits per heavy atom. The maximum absolute atomic E-state index is 12.7. The number of likely N-dealkylation sites (N-methyl/N-ethyl adjacent to an activating group) is 1. The van der Waals surface area contributed by atoms with Gasteiger partial charge in [0.15, 0.2) is 6.10 Å². The summed E-state index contributed by atoms with van der Waals surface area (Å²) in [7, 11) is 3.28. The second-order valence-electron chi connectivity index (χ2n) is 6.90. The van der Waals surface area contributed by atoms with E-state index in [1.165, 1.54) is 4.90 Å². The molecule has 7 nitrogen and oxygen atoms in total. The van der Waals surface area contributed by atoms with Gasteiger partial charge in [0.25, 0.3) is 5.91 Å². The summed E-state index contributed by atoms with van der Waals surface area (Å²) in [5.41, 5.74) is 2.92. The molecule has 0 spiro atoms. The molecule has 0 N–H and O–H groups in total. The number of ether oxygens (including phenoxy) is 2. The van der Waals surface area contributed by atoms with E-state index in [4.69, 9.17) is 14.0 Å². The van der Waals surface area contributed by atoms with Gasteiger partial charge < -0.3 is 18.9 Å². The Morgan fingerprint density at radius 3 is 2.72 bits per heavy atom. The van der Waals surface area contributed by atoms with Gasteiger partial charge in [0, 0.05) is 12.6 Å². The lowest BCUT2D eigenvalue weighted by Crippen LogP contribution is -2.37. The Kier molecular flexibility index (Phi) is 6.16. The molecule has 1 unspecified atom stereocenters. The van der Waals surface area contributed by atoms with E-state index in [1.54, 1.807) is 21.1 Å². The number of rotatable bonds is 7. The van der Waals surface area contributed by atoms with Crippen LogP contribution in [-0.2, 0) is 11.3 Å². The van der Waals surface area contributed by atoms with Gasteiger partial charge in [0.1, 0.15) is 11.5 Å². The first-order valence-corrected chi connectivity index (χ1v) is 9.34. The largest absolute Gasteiger partial charge is 0.497 e. The molecule has 0 aliphatic heterocycles. The minimum absolute atomic E-state index is 0.174. The van der Waals surface area contributed by atoms with Crippen molar-refractivity contribution in [1.29, 1.82) is 0 Å². The third-order valence-electron chi connectivity index (χ3n) is 4.75. The Hall–Kier alpha value is -3.35. The second kappa shape index (κ2) is 8.77. The van der Waals surface area contributed by atoms with Crippen LogP contribution in [0.1, 0.15) is 23.9 Å². The molecule has 0 fully saturated rings. The summed E-state index contributed by atoms with van der Waals surface area (Å²) >= 11 is 0. The zero-order valence-corrected chi connectivity index (χ0v) is 17.3. The SMILES string of the molecule is COc1cccc(-c2noc(CN(C)C(=O)C(C)Oc3cccc(C)c3C)n2)c1. The lowest BCUT2D eigenvalue weighted by Gasteiger charge is -2.21. The van der Waals surface area contributed by atoms with Crippen LogP contribution in [0.5, 0.6) is 11.5 Å². The van der Waals surface area contributed by atoms with Crippen LogP contribution in [0.4, 0.5) is 0 Å². The summed E-state index contributed by atoms with van der Waals surface area (Å²) in [4.78, 5) is 18.6. The maximum Gasteiger partial charge on any atom is 0.263 e. The minimum atomic E-state index is -0.638. The molecule has 1 amide bonds. The first kappa shape index (κ1) is 20.4. The van der Waals surface area contributed by atoms with E-state index < -0.39 is 6.10 Å². The molecule has 0 radical (unpaired) electrons. The number of carbonyl (C=O) groups is 1. The molecule has 0 aliphatic rings. The van der Waals surface area contributed by atoms with E-state index in [1.807, 2.05) is 56.3 Å². The van der Waals surface area contributed by atoms with Crippen LogP contribution >= 0.6 is 0 Å². The molecule has 1 atom stereocenters. The molecule has 29 heavy (non-hydrogen) atoms. The molecule has 0 saturated heterocycles. The average Bonchev–Trinajstić information content (AvgIpc) is 3.19. The van der Waals surface area contributed by atoms with Gasteiger partial charge in [-0.1, -0.05) is 29.4 Å². The molecule has 3 rings (SSSR count). The molecule has 1 aromatic heterocycles. The predicted molar refractivity (Wildman–Crippen MR) is 109 cm³/mol. The fourth-order valence-electron chi connectivity index (χ4n) is 2.88. The van der Waals surface area contributed by atoms with Gasteiger partial charge in [-0.3, -0.25) is 4.79 Å². The van der Waals surface area contributed by atoms with Gasteiger partial charge in [0.2, 0.25) is 11.7 Å². The summed E-state index contributed by atoms with van der Waals surface area (Å²) in [6.07, 6.45) is -0.638. The monoisotopic (exact) mass is 395 g/mol. The van der Waals surface area contributed by atoms with Gasteiger partial charge in [0.05, 0.1) is 13.7 Å². The molecule has 152 valence electrons. The van der Waals surface area contributed by atoms with Gasteiger partial charge in [-0.15, -0.1) is 0 Å². The highest BCUT2D eigenvalue weighted by molar-refractivity contribution is 5.80. The Balaban J connectivity index is 1.65. The van der Waals surface area contributed by atoms with Crippen molar-refractivity contribution >= 4 is 5.91 Å². The van der Waals surface area contributed by atoms with Crippen LogP contribution in [0.15, 0.2) is 47.0 Å². The van der Waals surface area contributed by atoms with Crippen molar-refractivity contribution in [1.82, 2.24) is 15.0 Å². The zero-order chi connectivity index (χ0) is 21.0. The van der Waals surface area contributed by atoms with Gasteiger partial charge in [-0.05, 0) is 50.1 Å². The molecule has 7 heteroatoms. The van der Waals surface area contributed by atoms with Crippen LogP contribution in [0.3, 0.4) is 0 Å². The molecule has 3 aromatic rings. The molecule has 0 aliphatic carbocycles. The summed E-state index contributed by atoms with van der Waals surface area (Å²) in [6.45, 7) is 5.91. The third-order valence-corrected chi connectivity index (χ3v) is 4.75. The number of benzene rings is 2. The first-order chi connectivity index (χ1) is 13.9. The van der Waals surface area contributed by atoms with E-state index in [9.17, 15) is 4.79 Å². The smallest absolute Gasteiger partial charge is 0.263 e. The van der Waals surface area contributed by atoms with Gasteiger partial charge in [-0.2, -0.15) is 4.98 Å². The normalized spacial score (nSPS) is 11.8. The van der Waals surface area contributed by atoms with E-state index in [0.717, 1.165) is 16.7 Å². The first-order valence-electron chi connectivity index (χ1n) is 9.34. The topological polar surface area (TPSA) is 77.7 Å². The standard InChI is InChI=1S/C22H25N3O4/c1-14-8-6-11-19(15(14)2)28-16(3)22(26)25(4)13-20-23-21(24-29-20)17-9-7-10-18(12-17)27-5/h6-12,16H,13H2,1-5H3. The van der Waals surface area contributed by atoms with E-state index in [0.29, 0.717) is 23.2 Å². The van der Waals surface area contributed by atoms with E-state index in [2.05, 4.69) is 10.1 Å².